The van der Waals surface area contributed by atoms with Gasteiger partial charge in [0.25, 0.3) is 0 Å². The molecule has 0 saturated carbocycles. The number of amidine groups is 1. The summed E-state index contributed by atoms with van der Waals surface area (Å²) in [6, 6.07) is 11.8. The van der Waals surface area contributed by atoms with Gasteiger partial charge in [0.1, 0.15) is 17.4 Å². The average Bonchev–Trinajstić information content (AvgIpc) is 2.47. The molecule has 0 amide bonds. The second-order valence-electron chi connectivity index (χ2n) is 4.61. The van der Waals surface area contributed by atoms with Crippen molar-refractivity contribution >= 4 is 5.84 Å². The third kappa shape index (κ3) is 4.29. The molecule has 0 aliphatic heterocycles. The maximum atomic E-state index is 13.4. The van der Waals surface area contributed by atoms with Crippen LogP contribution in [0, 0.1) is 11.2 Å². The van der Waals surface area contributed by atoms with Gasteiger partial charge in [-0.05, 0) is 41.5 Å². The molecule has 0 aromatic heterocycles. The highest BCUT2D eigenvalue weighted by molar-refractivity contribution is 5.95. The maximum absolute atomic E-state index is 13.4. The Labute approximate surface area is 122 Å². The Morgan fingerprint density at radius 2 is 1.90 bits per heavy atom. The lowest BCUT2D eigenvalue weighted by Gasteiger charge is -2.08. The van der Waals surface area contributed by atoms with Crippen LogP contribution >= 0.6 is 0 Å². The standard InChI is InChI=1S/C16H17FN2O2/c1-20-15-4-2-3-11(7-15)9-21-10-12-5-13(16(18)19)8-14(17)6-12/h2-8H,9-10H2,1H3,(H3,18,19). The molecule has 21 heavy (non-hydrogen) atoms. The Balaban J connectivity index is 1.98. The molecule has 0 spiro atoms. The van der Waals surface area contributed by atoms with Crippen molar-refractivity contribution in [3.05, 3.63) is 65.0 Å². The van der Waals surface area contributed by atoms with Crippen molar-refractivity contribution in [1.82, 2.24) is 0 Å². The number of halogens is 1. The van der Waals surface area contributed by atoms with E-state index in [9.17, 15) is 4.39 Å². The number of hydrogen-bond donors (Lipinski definition) is 2. The highest BCUT2D eigenvalue weighted by atomic mass is 19.1. The van der Waals surface area contributed by atoms with Crippen LogP contribution in [0.2, 0.25) is 0 Å². The second kappa shape index (κ2) is 6.85. The zero-order valence-corrected chi connectivity index (χ0v) is 11.7. The lowest BCUT2D eigenvalue weighted by molar-refractivity contribution is 0.107. The average molecular weight is 288 g/mol. The van der Waals surface area contributed by atoms with Crippen LogP contribution < -0.4 is 10.5 Å². The van der Waals surface area contributed by atoms with Gasteiger partial charge >= 0.3 is 0 Å². The van der Waals surface area contributed by atoms with Crippen LogP contribution in [-0.2, 0) is 18.0 Å². The molecule has 110 valence electrons. The van der Waals surface area contributed by atoms with Gasteiger partial charge < -0.3 is 15.2 Å². The molecular weight excluding hydrogens is 271 g/mol. The summed E-state index contributed by atoms with van der Waals surface area (Å²) in [6.07, 6.45) is 0. The van der Waals surface area contributed by atoms with Gasteiger partial charge in [0.2, 0.25) is 0 Å². The van der Waals surface area contributed by atoms with E-state index < -0.39 is 5.82 Å². The fourth-order valence-electron chi connectivity index (χ4n) is 1.94. The van der Waals surface area contributed by atoms with E-state index in [0.29, 0.717) is 17.7 Å². The van der Waals surface area contributed by atoms with Gasteiger partial charge in [-0.25, -0.2) is 4.39 Å². The summed E-state index contributed by atoms with van der Waals surface area (Å²) in [7, 11) is 1.61. The molecule has 0 saturated heterocycles. The van der Waals surface area contributed by atoms with Crippen molar-refractivity contribution in [3.8, 4) is 5.75 Å². The molecule has 0 unspecified atom stereocenters. The fraction of sp³-hybridized carbons (Fsp3) is 0.188. The SMILES string of the molecule is COc1cccc(COCc2cc(F)cc(C(=N)N)c2)c1. The van der Waals surface area contributed by atoms with E-state index in [1.54, 1.807) is 13.2 Å². The van der Waals surface area contributed by atoms with E-state index in [1.807, 2.05) is 24.3 Å². The number of nitrogens with two attached hydrogens (primary N) is 1. The zero-order valence-electron chi connectivity index (χ0n) is 11.7. The number of rotatable bonds is 6. The minimum absolute atomic E-state index is 0.163. The minimum Gasteiger partial charge on any atom is -0.497 e. The largest absolute Gasteiger partial charge is 0.497 e. The summed E-state index contributed by atoms with van der Waals surface area (Å²) in [5.74, 6) is 0.173. The third-order valence-corrected chi connectivity index (χ3v) is 2.94. The number of benzene rings is 2. The van der Waals surface area contributed by atoms with Gasteiger partial charge in [-0.2, -0.15) is 0 Å². The van der Waals surface area contributed by atoms with Crippen LogP contribution in [0.5, 0.6) is 5.75 Å². The van der Waals surface area contributed by atoms with Gasteiger partial charge in [-0.1, -0.05) is 12.1 Å². The van der Waals surface area contributed by atoms with Crippen LogP contribution in [-0.4, -0.2) is 12.9 Å². The van der Waals surface area contributed by atoms with E-state index in [-0.39, 0.29) is 12.4 Å². The summed E-state index contributed by atoms with van der Waals surface area (Å²) in [4.78, 5) is 0. The second-order valence-corrected chi connectivity index (χ2v) is 4.61. The first-order valence-electron chi connectivity index (χ1n) is 6.43. The van der Waals surface area contributed by atoms with E-state index >= 15 is 0 Å². The van der Waals surface area contributed by atoms with Crippen LogP contribution in [0.1, 0.15) is 16.7 Å². The molecule has 0 aliphatic rings. The highest BCUT2D eigenvalue weighted by Gasteiger charge is 2.04. The molecule has 4 nitrogen and oxygen atoms in total. The molecule has 0 aliphatic carbocycles. The van der Waals surface area contributed by atoms with Crippen LogP contribution in [0.4, 0.5) is 4.39 Å². The first kappa shape index (κ1) is 15.0. The van der Waals surface area contributed by atoms with E-state index in [1.165, 1.54) is 12.1 Å². The molecule has 2 aromatic carbocycles. The molecule has 0 atom stereocenters. The van der Waals surface area contributed by atoms with Gasteiger partial charge in [0.15, 0.2) is 0 Å². The monoisotopic (exact) mass is 288 g/mol. The van der Waals surface area contributed by atoms with Gasteiger partial charge in [-0.15, -0.1) is 0 Å². The molecule has 5 heteroatoms. The van der Waals surface area contributed by atoms with Crippen molar-refractivity contribution in [2.45, 2.75) is 13.2 Å². The van der Waals surface area contributed by atoms with Crippen LogP contribution in [0.15, 0.2) is 42.5 Å². The van der Waals surface area contributed by atoms with Gasteiger partial charge in [0, 0.05) is 5.56 Å². The van der Waals surface area contributed by atoms with E-state index in [0.717, 1.165) is 11.3 Å². The summed E-state index contributed by atoms with van der Waals surface area (Å²) < 4.78 is 24.1. The Morgan fingerprint density at radius 1 is 1.14 bits per heavy atom. The number of nitrogens with one attached hydrogen (secondary N) is 1. The number of ether oxygens (including phenoxy) is 2. The van der Waals surface area contributed by atoms with Crippen molar-refractivity contribution in [2.24, 2.45) is 5.73 Å². The summed E-state index contributed by atoms with van der Waals surface area (Å²) >= 11 is 0. The van der Waals surface area contributed by atoms with Crippen molar-refractivity contribution in [3.63, 3.8) is 0 Å². The van der Waals surface area contributed by atoms with Crippen molar-refractivity contribution in [1.29, 1.82) is 5.41 Å². The van der Waals surface area contributed by atoms with E-state index in [2.05, 4.69) is 0 Å². The van der Waals surface area contributed by atoms with Crippen molar-refractivity contribution < 1.29 is 13.9 Å². The molecule has 0 bridgehead atoms. The quantitative estimate of drug-likeness (QED) is 0.634. The summed E-state index contributed by atoms with van der Waals surface area (Å²) in [5.41, 5.74) is 7.33. The van der Waals surface area contributed by atoms with Crippen LogP contribution in [0.3, 0.4) is 0 Å². The predicted molar refractivity (Wildman–Crippen MR) is 78.9 cm³/mol. The first-order valence-corrected chi connectivity index (χ1v) is 6.43. The van der Waals surface area contributed by atoms with Crippen LogP contribution in [0.25, 0.3) is 0 Å². The van der Waals surface area contributed by atoms with E-state index in [4.69, 9.17) is 20.6 Å². The molecule has 2 rings (SSSR count). The van der Waals surface area contributed by atoms with Gasteiger partial charge in [-0.3, -0.25) is 5.41 Å². The molecule has 2 aromatic rings. The number of nitrogen functional groups attached to an aromatic ring is 1. The highest BCUT2D eigenvalue weighted by Crippen LogP contribution is 2.15. The Morgan fingerprint density at radius 3 is 2.62 bits per heavy atom. The lowest BCUT2D eigenvalue weighted by atomic mass is 10.1. The first-order chi connectivity index (χ1) is 10.1. The molecule has 0 heterocycles. The zero-order chi connectivity index (χ0) is 15.2. The normalized spacial score (nSPS) is 10.4. The third-order valence-electron chi connectivity index (χ3n) is 2.94. The maximum Gasteiger partial charge on any atom is 0.124 e. The minimum atomic E-state index is -0.428. The smallest absolute Gasteiger partial charge is 0.124 e. The summed E-state index contributed by atoms with van der Waals surface area (Å²) in [5, 5.41) is 7.34. The molecule has 3 N–H and O–H groups in total. The summed E-state index contributed by atoms with van der Waals surface area (Å²) in [6.45, 7) is 0.637. The Hall–Kier alpha value is -2.40. The molecule has 0 radical (unpaired) electrons. The van der Waals surface area contributed by atoms with Crippen molar-refractivity contribution in [2.75, 3.05) is 7.11 Å². The fourth-order valence-corrected chi connectivity index (χ4v) is 1.94. The van der Waals surface area contributed by atoms with Gasteiger partial charge in [0.05, 0.1) is 20.3 Å². The molecular formula is C16H17FN2O2. The number of methoxy groups -OCH3 is 1. The lowest BCUT2D eigenvalue weighted by Crippen LogP contribution is -2.12. The number of hydrogen-bond acceptors (Lipinski definition) is 3. The topological polar surface area (TPSA) is 68.3 Å². The Bertz CT molecular complexity index is 644. The molecule has 0 fully saturated rings. The predicted octanol–water partition coefficient (Wildman–Crippen LogP) is 2.84. The Kier molecular flexibility index (Phi) is 4.90.